The first-order valence-electron chi connectivity index (χ1n) is 6.87. The van der Waals surface area contributed by atoms with Crippen molar-refractivity contribution < 1.29 is 23.1 Å². The van der Waals surface area contributed by atoms with Gasteiger partial charge >= 0.3 is 12.0 Å². The molecule has 114 valence electrons. The molecule has 2 amide bonds. The molecule has 1 heterocycles. The number of sulfone groups is 1. The molecule has 0 spiro atoms. The normalized spacial score (nSPS) is 22.1. The van der Waals surface area contributed by atoms with E-state index in [9.17, 15) is 18.0 Å². The number of carbonyl (C=O) groups excluding carboxylic acids is 1. The van der Waals surface area contributed by atoms with Crippen molar-refractivity contribution in [1.29, 1.82) is 0 Å². The quantitative estimate of drug-likeness (QED) is 0.798. The highest BCUT2D eigenvalue weighted by atomic mass is 32.2. The lowest BCUT2D eigenvalue weighted by molar-refractivity contribution is -0.137. The van der Waals surface area contributed by atoms with E-state index in [4.69, 9.17) is 5.11 Å². The molecule has 0 atom stereocenters. The van der Waals surface area contributed by atoms with Gasteiger partial charge in [0.1, 0.15) is 0 Å². The van der Waals surface area contributed by atoms with Crippen LogP contribution in [-0.2, 0) is 14.6 Å². The fraction of sp³-hybridized carbons (Fsp3) is 0.833. The largest absolute Gasteiger partial charge is 0.481 e. The second-order valence-corrected chi connectivity index (χ2v) is 7.65. The number of amides is 2. The van der Waals surface area contributed by atoms with Gasteiger partial charge in [0.05, 0.1) is 17.9 Å². The number of carbonyl (C=O) groups is 2. The van der Waals surface area contributed by atoms with Crippen LogP contribution in [0.3, 0.4) is 0 Å². The van der Waals surface area contributed by atoms with Crippen molar-refractivity contribution in [3.8, 4) is 0 Å². The van der Waals surface area contributed by atoms with Crippen molar-refractivity contribution in [2.75, 3.05) is 31.1 Å². The van der Waals surface area contributed by atoms with Crippen molar-refractivity contribution in [3.63, 3.8) is 0 Å². The molecule has 1 N–H and O–H groups in total. The minimum atomic E-state index is -3.05. The van der Waals surface area contributed by atoms with E-state index in [1.807, 2.05) is 0 Å². The molecule has 0 radical (unpaired) electrons. The smallest absolute Gasteiger partial charge is 0.320 e. The molecule has 0 aromatic carbocycles. The first-order chi connectivity index (χ1) is 9.39. The van der Waals surface area contributed by atoms with Gasteiger partial charge in [0.25, 0.3) is 0 Å². The molecule has 2 rings (SSSR count). The number of hydrogen-bond donors (Lipinski definition) is 1. The van der Waals surface area contributed by atoms with Crippen molar-refractivity contribution in [2.24, 2.45) is 0 Å². The van der Waals surface area contributed by atoms with Crippen LogP contribution in [0.4, 0.5) is 4.79 Å². The Balaban J connectivity index is 1.98. The summed E-state index contributed by atoms with van der Waals surface area (Å²) in [5.74, 6) is -0.812. The third-order valence-electron chi connectivity index (χ3n) is 3.63. The fourth-order valence-corrected chi connectivity index (χ4v) is 3.62. The summed E-state index contributed by atoms with van der Waals surface area (Å²) in [6, 6.07) is -0.0902. The van der Waals surface area contributed by atoms with E-state index < -0.39 is 15.8 Å². The first-order valence-corrected chi connectivity index (χ1v) is 8.69. The topological polar surface area (TPSA) is 95.0 Å². The Morgan fingerprint density at radius 3 is 2.50 bits per heavy atom. The summed E-state index contributed by atoms with van der Waals surface area (Å²) in [6.45, 7) is 0.827. The summed E-state index contributed by atoms with van der Waals surface area (Å²) < 4.78 is 23.1. The number of urea groups is 1. The van der Waals surface area contributed by atoms with Gasteiger partial charge in [-0.15, -0.1) is 0 Å². The summed E-state index contributed by atoms with van der Waals surface area (Å²) in [7, 11) is -3.05. The SMILES string of the molecule is O=C(O)CCN(C(=O)N1CCCS(=O)(=O)CC1)C1CC1. The molecule has 1 aliphatic carbocycles. The monoisotopic (exact) mass is 304 g/mol. The highest BCUT2D eigenvalue weighted by molar-refractivity contribution is 7.91. The van der Waals surface area contributed by atoms with Crippen molar-refractivity contribution in [1.82, 2.24) is 9.80 Å². The van der Waals surface area contributed by atoms with Gasteiger partial charge in [-0.25, -0.2) is 13.2 Å². The Morgan fingerprint density at radius 2 is 1.90 bits per heavy atom. The predicted molar refractivity (Wildman–Crippen MR) is 72.2 cm³/mol. The van der Waals surface area contributed by atoms with Gasteiger partial charge in [0.2, 0.25) is 0 Å². The molecule has 1 aliphatic heterocycles. The van der Waals surface area contributed by atoms with Gasteiger partial charge in [-0.05, 0) is 19.3 Å². The van der Waals surface area contributed by atoms with Gasteiger partial charge in [-0.2, -0.15) is 0 Å². The summed E-state index contributed by atoms with van der Waals surface area (Å²) in [5, 5.41) is 8.74. The summed E-state index contributed by atoms with van der Waals surface area (Å²) in [6.07, 6.45) is 2.18. The minimum Gasteiger partial charge on any atom is -0.481 e. The standard InChI is InChI=1S/C12H20N2O5S/c15-11(16)4-6-14(10-2-3-10)12(17)13-5-1-8-20(18,19)9-7-13/h10H,1-9H2,(H,15,16). The highest BCUT2D eigenvalue weighted by Gasteiger charge is 2.35. The maximum absolute atomic E-state index is 12.4. The number of carboxylic acid groups (broad SMARTS) is 1. The second kappa shape index (κ2) is 5.99. The average molecular weight is 304 g/mol. The Hall–Kier alpha value is -1.31. The number of hydrogen-bond acceptors (Lipinski definition) is 4. The van der Waals surface area contributed by atoms with Crippen LogP contribution in [-0.4, -0.2) is 72.5 Å². The van der Waals surface area contributed by atoms with E-state index in [0.29, 0.717) is 13.0 Å². The van der Waals surface area contributed by atoms with Crippen LogP contribution in [0, 0.1) is 0 Å². The summed E-state index contributed by atoms with van der Waals surface area (Å²) in [4.78, 5) is 26.2. The molecule has 0 unspecified atom stereocenters. The molecule has 20 heavy (non-hydrogen) atoms. The summed E-state index contributed by atoms with van der Waals surface area (Å²) >= 11 is 0. The maximum Gasteiger partial charge on any atom is 0.320 e. The minimum absolute atomic E-state index is 0.00379. The predicted octanol–water partition coefficient (Wildman–Crippen LogP) is 0.166. The molecular formula is C12H20N2O5S. The Kier molecular flexibility index (Phi) is 4.52. The van der Waals surface area contributed by atoms with E-state index in [1.54, 1.807) is 9.80 Å². The third kappa shape index (κ3) is 4.09. The van der Waals surface area contributed by atoms with Crippen LogP contribution in [0.25, 0.3) is 0 Å². The summed E-state index contributed by atoms with van der Waals surface area (Å²) in [5.41, 5.74) is 0. The molecule has 0 bridgehead atoms. The lowest BCUT2D eigenvalue weighted by Crippen LogP contribution is -2.46. The van der Waals surface area contributed by atoms with Crippen molar-refractivity contribution >= 4 is 21.8 Å². The van der Waals surface area contributed by atoms with Crippen molar-refractivity contribution in [3.05, 3.63) is 0 Å². The molecule has 8 heteroatoms. The number of aliphatic carboxylic acids is 1. The van der Waals surface area contributed by atoms with Crippen LogP contribution in [0.2, 0.25) is 0 Å². The zero-order valence-electron chi connectivity index (χ0n) is 11.3. The lowest BCUT2D eigenvalue weighted by Gasteiger charge is -2.29. The van der Waals surface area contributed by atoms with Crippen LogP contribution < -0.4 is 0 Å². The molecule has 1 saturated heterocycles. The fourth-order valence-electron chi connectivity index (χ4n) is 2.35. The number of nitrogens with zero attached hydrogens (tertiary/aromatic N) is 2. The molecule has 7 nitrogen and oxygen atoms in total. The van der Waals surface area contributed by atoms with Gasteiger partial charge < -0.3 is 14.9 Å². The van der Waals surface area contributed by atoms with Crippen molar-refractivity contribution in [2.45, 2.75) is 31.7 Å². The Morgan fingerprint density at radius 1 is 1.20 bits per heavy atom. The average Bonchev–Trinajstić information content (AvgIpc) is 3.17. The van der Waals surface area contributed by atoms with Gasteiger partial charge in [0.15, 0.2) is 9.84 Å². The Labute approximate surface area is 118 Å². The van der Waals surface area contributed by atoms with Crippen LogP contribution >= 0.6 is 0 Å². The van der Waals surface area contributed by atoms with Gasteiger partial charge in [-0.1, -0.05) is 0 Å². The Bertz CT molecular complexity index is 486. The van der Waals surface area contributed by atoms with Crippen LogP contribution in [0.15, 0.2) is 0 Å². The van der Waals surface area contributed by atoms with Crippen LogP contribution in [0.5, 0.6) is 0 Å². The van der Waals surface area contributed by atoms with Gasteiger partial charge in [0, 0.05) is 25.7 Å². The van der Waals surface area contributed by atoms with E-state index in [-0.39, 0.29) is 43.1 Å². The van der Waals surface area contributed by atoms with E-state index in [2.05, 4.69) is 0 Å². The molecule has 0 aromatic rings. The third-order valence-corrected chi connectivity index (χ3v) is 5.34. The first kappa shape index (κ1) is 15.1. The number of carboxylic acids is 1. The molecule has 2 fully saturated rings. The molecule has 0 aromatic heterocycles. The van der Waals surface area contributed by atoms with E-state index in [1.165, 1.54) is 0 Å². The van der Waals surface area contributed by atoms with E-state index in [0.717, 1.165) is 12.8 Å². The van der Waals surface area contributed by atoms with Gasteiger partial charge in [-0.3, -0.25) is 4.79 Å². The zero-order valence-corrected chi connectivity index (χ0v) is 12.1. The molecule has 2 aliphatic rings. The van der Waals surface area contributed by atoms with E-state index >= 15 is 0 Å². The van der Waals surface area contributed by atoms with Crippen LogP contribution in [0.1, 0.15) is 25.7 Å². The molecule has 1 saturated carbocycles. The second-order valence-electron chi connectivity index (χ2n) is 5.34. The molecular weight excluding hydrogens is 284 g/mol. The highest BCUT2D eigenvalue weighted by Crippen LogP contribution is 2.28. The number of rotatable bonds is 4. The lowest BCUT2D eigenvalue weighted by atomic mass is 10.3. The maximum atomic E-state index is 12.4. The zero-order chi connectivity index (χ0) is 14.8.